The molecule has 0 spiro atoms. The van der Waals surface area contributed by atoms with Crippen molar-refractivity contribution in [3.05, 3.63) is 40.4 Å². The molecule has 2 unspecified atom stereocenters. The van der Waals surface area contributed by atoms with Gasteiger partial charge in [0.05, 0.1) is 24.3 Å². The minimum atomic E-state index is -1.71. The van der Waals surface area contributed by atoms with E-state index in [1.807, 2.05) is 0 Å². The largest absolute Gasteiger partial charge is 0.467 e. The van der Waals surface area contributed by atoms with E-state index in [-0.39, 0.29) is 11.1 Å². The quantitative estimate of drug-likeness (QED) is 0.734. The molecule has 0 amide bonds. The van der Waals surface area contributed by atoms with E-state index in [1.54, 1.807) is 13.1 Å². The van der Waals surface area contributed by atoms with E-state index in [4.69, 9.17) is 0 Å². The van der Waals surface area contributed by atoms with E-state index < -0.39 is 18.2 Å². The zero-order chi connectivity index (χ0) is 14.9. The lowest BCUT2D eigenvalue weighted by Gasteiger charge is -2.16. The van der Waals surface area contributed by atoms with E-state index in [1.165, 1.54) is 23.0 Å². The fourth-order valence-corrected chi connectivity index (χ4v) is 1.84. The number of carbonyl (C=O) groups excluding carboxylic acids is 1. The number of ether oxygens (including phenoxy) is 1. The Balaban J connectivity index is 2.48. The molecule has 106 valence electrons. The number of aromatic nitrogens is 2. The molecule has 1 aromatic heterocycles. The van der Waals surface area contributed by atoms with E-state index in [9.17, 15) is 19.8 Å². The van der Waals surface area contributed by atoms with Crippen molar-refractivity contribution in [2.24, 2.45) is 7.05 Å². The molecule has 0 aliphatic rings. The van der Waals surface area contributed by atoms with Crippen molar-refractivity contribution in [1.29, 1.82) is 0 Å². The summed E-state index contributed by atoms with van der Waals surface area (Å²) in [6, 6.07) is 4.44. The molecule has 7 nitrogen and oxygen atoms in total. The summed E-state index contributed by atoms with van der Waals surface area (Å²) in [5, 5.41) is 19.8. The number of hydrogen-bond acceptors (Lipinski definition) is 6. The van der Waals surface area contributed by atoms with Gasteiger partial charge in [-0.25, -0.2) is 9.78 Å². The second-order valence-corrected chi connectivity index (χ2v) is 4.35. The summed E-state index contributed by atoms with van der Waals surface area (Å²) in [5.74, 6) is -0.948. The number of aryl methyl sites for hydroxylation is 1. The van der Waals surface area contributed by atoms with E-state index in [0.29, 0.717) is 10.9 Å². The molecule has 7 heteroatoms. The number of nitrogens with zero attached hydrogens (tertiary/aromatic N) is 2. The van der Waals surface area contributed by atoms with Crippen LogP contribution in [0.1, 0.15) is 11.7 Å². The number of aliphatic hydroxyl groups excluding tert-OH is 2. The first-order valence-electron chi connectivity index (χ1n) is 5.85. The van der Waals surface area contributed by atoms with Crippen LogP contribution >= 0.6 is 0 Å². The Kier molecular flexibility index (Phi) is 3.82. The van der Waals surface area contributed by atoms with Crippen LogP contribution in [0.25, 0.3) is 10.9 Å². The number of rotatable bonds is 3. The molecular formula is C13H14N2O5. The number of fused-ring (bicyclic) bond motifs is 1. The van der Waals surface area contributed by atoms with Crippen molar-refractivity contribution in [2.45, 2.75) is 12.2 Å². The van der Waals surface area contributed by atoms with Gasteiger partial charge in [-0.3, -0.25) is 4.79 Å². The fourth-order valence-electron chi connectivity index (χ4n) is 1.84. The van der Waals surface area contributed by atoms with Crippen LogP contribution in [-0.2, 0) is 16.6 Å². The minimum Gasteiger partial charge on any atom is -0.467 e. The molecule has 2 rings (SSSR count). The Morgan fingerprint density at radius 1 is 1.40 bits per heavy atom. The maximum absolute atomic E-state index is 12.0. The third-order valence-corrected chi connectivity index (χ3v) is 3.02. The highest BCUT2D eigenvalue weighted by Gasteiger charge is 2.26. The fraction of sp³-hybridized carbons (Fsp3) is 0.308. The molecular weight excluding hydrogens is 264 g/mol. The van der Waals surface area contributed by atoms with Gasteiger partial charge >= 0.3 is 5.97 Å². The molecule has 1 heterocycles. The van der Waals surface area contributed by atoms with Gasteiger partial charge in [-0.05, 0) is 17.7 Å². The van der Waals surface area contributed by atoms with Crippen molar-refractivity contribution >= 4 is 16.9 Å². The highest BCUT2D eigenvalue weighted by atomic mass is 16.5. The monoisotopic (exact) mass is 278 g/mol. The maximum atomic E-state index is 12.0. The van der Waals surface area contributed by atoms with E-state index in [2.05, 4.69) is 9.72 Å². The summed E-state index contributed by atoms with van der Waals surface area (Å²) >= 11 is 0. The van der Waals surface area contributed by atoms with Gasteiger partial charge in [0.2, 0.25) is 0 Å². The molecule has 0 fully saturated rings. The predicted octanol–water partition coefficient (Wildman–Crippen LogP) is -0.499. The molecule has 0 bridgehead atoms. The molecule has 0 aliphatic heterocycles. The van der Waals surface area contributed by atoms with Crippen LogP contribution in [0.15, 0.2) is 29.3 Å². The summed E-state index contributed by atoms with van der Waals surface area (Å²) in [7, 11) is 2.67. The van der Waals surface area contributed by atoms with Crippen LogP contribution < -0.4 is 5.56 Å². The summed E-state index contributed by atoms with van der Waals surface area (Å²) in [5.41, 5.74) is 0.425. The van der Waals surface area contributed by atoms with Crippen molar-refractivity contribution in [1.82, 2.24) is 9.55 Å². The van der Waals surface area contributed by atoms with Crippen molar-refractivity contribution in [2.75, 3.05) is 7.11 Å². The molecule has 2 atom stereocenters. The zero-order valence-electron chi connectivity index (χ0n) is 11.0. The number of benzene rings is 1. The average Bonchev–Trinajstić information content (AvgIpc) is 2.48. The molecule has 0 aliphatic carbocycles. The van der Waals surface area contributed by atoms with Gasteiger partial charge in [-0.2, -0.15) is 0 Å². The van der Waals surface area contributed by atoms with Gasteiger partial charge < -0.3 is 19.5 Å². The van der Waals surface area contributed by atoms with Crippen molar-refractivity contribution < 1.29 is 19.7 Å². The summed E-state index contributed by atoms with van der Waals surface area (Å²) in [6.45, 7) is 0. The second-order valence-electron chi connectivity index (χ2n) is 4.35. The predicted molar refractivity (Wildman–Crippen MR) is 70.0 cm³/mol. The van der Waals surface area contributed by atoms with E-state index in [0.717, 1.165) is 7.11 Å². The van der Waals surface area contributed by atoms with Crippen LogP contribution in [0, 0.1) is 0 Å². The molecule has 0 radical (unpaired) electrons. The minimum absolute atomic E-state index is 0.237. The topological polar surface area (TPSA) is 102 Å². The lowest BCUT2D eigenvalue weighted by atomic mass is 10.0. The molecule has 2 N–H and O–H groups in total. The van der Waals surface area contributed by atoms with Crippen molar-refractivity contribution in [3.63, 3.8) is 0 Å². The Morgan fingerprint density at radius 3 is 2.75 bits per heavy atom. The lowest BCUT2D eigenvalue weighted by molar-refractivity contribution is -0.156. The Bertz CT molecular complexity index is 709. The lowest BCUT2D eigenvalue weighted by Crippen LogP contribution is -2.29. The smallest absolute Gasteiger partial charge is 0.337 e. The third-order valence-electron chi connectivity index (χ3n) is 3.02. The van der Waals surface area contributed by atoms with Gasteiger partial charge in [0, 0.05) is 7.05 Å². The molecule has 20 heavy (non-hydrogen) atoms. The van der Waals surface area contributed by atoms with Gasteiger partial charge in [0.1, 0.15) is 6.10 Å². The van der Waals surface area contributed by atoms with Gasteiger partial charge in [-0.15, -0.1) is 0 Å². The summed E-state index contributed by atoms with van der Waals surface area (Å²) < 4.78 is 5.66. The number of aliphatic hydroxyl groups is 2. The highest BCUT2D eigenvalue weighted by molar-refractivity contribution is 5.79. The normalized spacial score (nSPS) is 14.0. The van der Waals surface area contributed by atoms with Crippen LogP contribution in [0.5, 0.6) is 0 Å². The Hall–Kier alpha value is -2.25. The Morgan fingerprint density at radius 2 is 2.10 bits per heavy atom. The zero-order valence-corrected chi connectivity index (χ0v) is 11.0. The molecule has 0 saturated heterocycles. The molecule has 1 aromatic carbocycles. The second kappa shape index (κ2) is 5.40. The first-order valence-corrected chi connectivity index (χ1v) is 5.85. The summed E-state index contributed by atoms with van der Waals surface area (Å²) in [6.07, 6.45) is -1.79. The third kappa shape index (κ3) is 2.40. The first kappa shape index (κ1) is 14.2. The highest BCUT2D eigenvalue weighted by Crippen LogP contribution is 2.20. The molecule has 0 saturated carbocycles. The van der Waals surface area contributed by atoms with Crippen molar-refractivity contribution in [3.8, 4) is 0 Å². The van der Waals surface area contributed by atoms with Crippen LogP contribution in [0.2, 0.25) is 0 Å². The van der Waals surface area contributed by atoms with Gasteiger partial charge in [0.25, 0.3) is 5.56 Å². The number of methoxy groups -OCH3 is 1. The van der Waals surface area contributed by atoms with E-state index >= 15 is 0 Å². The average molecular weight is 278 g/mol. The van der Waals surface area contributed by atoms with Crippen LogP contribution in [0.3, 0.4) is 0 Å². The number of hydrogen-bond donors (Lipinski definition) is 2. The Labute approximate surface area is 114 Å². The van der Waals surface area contributed by atoms with Crippen LogP contribution in [-0.4, -0.2) is 38.9 Å². The SMILES string of the molecule is COC(=O)C(O)C(O)c1ccc2ncn(C)c(=O)c2c1. The summed E-state index contributed by atoms with van der Waals surface area (Å²) in [4.78, 5) is 27.2. The number of esters is 1. The first-order chi connectivity index (χ1) is 9.45. The van der Waals surface area contributed by atoms with Crippen LogP contribution in [0.4, 0.5) is 0 Å². The molecule has 2 aromatic rings. The standard InChI is InChI=1S/C13H14N2O5/c1-15-6-14-9-4-3-7(5-8(9)12(15)18)10(16)11(17)13(19)20-2/h3-6,10-11,16-17H,1-2H3. The maximum Gasteiger partial charge on any atom is 0.337 e. The van der Waals surface area contributed by atoms with Gasteiger partial charge in [-0.1, -0.05) is 6.07 Å². The van der Waals surface area contributed by atoms with Gasteiger partial charge in [0.15, 0.2) is 6.10 Å². The number of carbonyl (C=O) groups is 1.